The van der Waals surface area contributed by atoms with E-state index in [0.29, 0.717) is 18.8 Å². The summed E-state index contributed by atoms with van der Waals surface area (Å²) in [6.07, 6.45) is 3.39. The first kappa shape index (κ1) is 13.0. The van der Waals surface area contributed by atoms with Gasteiger partial charge in [0.15, 0.2) is 5.84 Å². The van der Waals surface area contributed by atoms with Crippen LogP contribution < -0.4 is 11.1 Å². The largest absolute Gasteiger partial charge is 0.409 e. The van der Waals surface area contributed by atoms with Crippen molar-refractivity contribution in [3.63, 3.8) is 0 Å². The minimum Gasteiger partial charge on any atom is -0.409 e. The molecule has 0 aromatic carbocycles. The molecule has 0 amide bonds. The lowest BCUT2D eigenvalue weighted by Gasteiger charge is -2.05. The van der Waals surface area contributed by atoms with Gasteiger partial charge in [-0.2, -0.15) is 0 Å². The summed E-state index contributed by atoms with van der Waals surface area (Å²) in [5.41, 5.74) is 7.93. The molecule has 2 rings (SSSR count). The van der Waals surface area contributed by atoms with Crippen LogP contribution in [0.1, 0.15) is 17.0 Å². The molecular weight excluding hydrogens is 242 g/mol. The molecule has 6 nitrogen and oxygen atoms in total. The molecule has 0 saturated heterocycles. The Morgan fingerprint density at radius 2 is 2.11 bits per heavy atom. The molecule has 6 heteroatoms. The maximum Gasteiger partial charge on any atom is 0.188 e. The first-order valence-electron chi connectivity index (χ1n) is 5.83. The predicted octanol–water partition coefficient (Wildman–Crippen LogP) is 0.861. The Hall–Kier alpha value is -2.47. The van der Waals surface area contributed by atoms with Crippen molar-refractivity contribution >= 4 is 5.84 Å². The molecule has 19 heavy (non-hydrogen) atoms. The Morgan fingerprint density at radius 3 is 2.84 bits per heavy atom. The fraction of sp³-hybridized carbons (Fsp3) is 0.154. The summed E-state index contributed by atoms with van der Waals surface area (Å²) in [5, 5.41) is 14.8. The summed E-state index contributed by atoms with van der Waals surface area (Å²) in [4.78, 5) is 8.24. The van der Waals surface area contributed by atoms with Gasteiger partial charge < -0.3 is 16.3 Å². The Kier molecular flexibility index (Phi) is 4.41. The van der Waals surface area contributed by atoms with Crippen LogP contribution in [0.25, 0.3) is 0 Å². The van der Waals surface area contributed by atoms with Gasteiger partial charge in [0.05, 0.1) is 5.69 Å². The monoisotopic (exact) mass is 257 g/mol. The molecule has 0 aliphatic heterocycles. The Labute approximate surface area is 111 Å². The number of nitrogens with zero attached hydrogens (tertiary/aromatic N) is 3. The maximum absolute atomic E-state index is 8.60. The molecule has 0 aliphatic carbocycles. The second kappa shape index (κ2) is 6.46. The number of nitrogens with two attached hydrogens (primary N) is 1. The molecular formula is C13H15N5O. The van der Waals surface area contributed by atoms with E-state index in [4.69, 9.17) is 10.9 Å². The summed E-state index contributed by atoms with van der Waals surface area (Å²) >= 11 is 0. The van der Waals surface area contributed by atoms with Gasteiger partial charge in [0.25, 0.3) is 0 Å². The van der Waals surface area contributed by atoms with Crippen molar-refractivity contribution < 1.29 is 5.21 Å². The molecule has 0 bridgehead atoms. The number of pyridine rings is 2. The van der Waals surface area contributed by atoms with Crippen LogP contribution in [0.15, 0.2) is 47.9 Å². The smallest absolute Gasteiger partial charge is 0.188 e. The van der Waals surface area contributed by atoms with Crippen LogP contribution in [-0.4, -0.2) is 21.0 Å². The lowest BCUT2D eigenvalue weighted by Crippen LogP contribution is -2.17. The maximum atomic E-state index is 8.60. The van der Waals surface area contributed by atoms with Gasteiger partial charge in [0.2, 0.25) is 0 Å². The van der Waals surface area contributed by atoms with Crippen molar-refractivity contribution in [2.75, 3.05) is 0 Å². The van der Waals surface area contributed by atoms with Gasteiger partial charge in [-0.1, -0.05) is 11.2 Å². The van der Waals surface area contributed by atoms with Crippen LogP contribution in [-0.2, 0) is 13.1 Å². The highest BCUT2D eigenvalue weighted by Gasteiger charge is 2.02. The number of oxime groups is 1. The molecule has 98 valence electrons. The Morgan fingerprint density at radius 1 is 1.21 bits per heavy atom. The average Bonchev–Trinajstić information content (AvgIpc) is 2.48. The van der Waals surface area contributed by atoms with E-state index in [1.165, 1.54) is 0 Å². The van der Waals surface area contributed by atoms with E-state index in [-0.39, 0.29) is 5.84 Å². The molecule has 0 fully saturated rings. The first-order chi connectivity index (χ1) is 9.29. The van der Waals surface area contributed by atoms with Crippen molar-refractivity contribution in [1.82, 2.24) is 15.3 Å². The lowest BCUT2D eigenvalue weighted by atomic mass is 10.2. The van der Waals surface area contributed by atoms with E-state index in [1.54, 1.807) is 18.5 Å². The van der Waals surface area contributed by atoms with Gasteiger partial charge in [0.1, 0.15) is 5.69 Å². The SMILES string of the molecule is NC(=NO)c1cc(CNCc2ccccn2)ccn1. The highest BCUT2D eigenvalue weighted by Crippen LogP contribution is 2.02. The molecule has 0 aliphatic rings. The highest BCUT2D eigenvalue weighted by molar-refractivity contribution is 5.95. The third-order valence-corrected chi connectivity index (χ3v) is 2.56. The van der Waals surface area contributed by atoms with E-state index < -0.39 is 0 Å². The number of amidine groups is 1. The van der Waals surface area contributed by atoms with Crippen molar-refractivity contribution in [3.05, 3.63) is 59.7 Å². The average molecular weight is 257 g/mol. The standard InChI is InChI=1S/C13H15N5O/c14-13(18-19)12-7-10(4-6-17-12)8-15-9-11-3-1-2-5-16-11/h1-7,15,19H,8-9H2,(H2,14,18). The van der Waals surface area contributed by atoms with E-state index in [2.05, 4.69) is 20.4 Å². The van der Waals surface area contributed by atoms with Crippen LogP contribution in [0.4, 0.5) is 0 Å². The zero-order valence-corrected chi connectivity index (χ0v) is 10.3. The van der Waals surface area contributed by atoms with Crippen molar-refractivity contribution in [2.24, 2.45) is 10.9 Å². The van der Waals surface area contributed by atoms with Gasteiger partial charge >= 0.3 is 0 Å². The summed E-state index contributed by atoms with van der Waals surface area (Å²) in [7, 11) is 0. The highest BCUT2D eigenvalue weighted by atomic mass is 16.4. The predicted molar refractivity (Wildman–Crippen MR) is 71.5 cm³/mol. The number of nitrogens with one attached hydrogen (secondary N) is 1. The van der Waals surface area contributed by atoms with E-state index in [0.717, 1.165) is 11.3 Å². The number of hydrogen-bond acceptors (Lipinski definition) is 5. The topological polar surface area (TPSA) is 96.4 Å². The van der Waals surface area contributed by atoms with Crippen LogP contribution >= 0.6 is 0 Å². The molecule has 0 atom stereocenters. The Balaban J connectivity index is 1.93. The van der Waals surface area contributed by atoms with E-state index in [9.17, 15) is 0 Å². The summed E-state index contributed by atoms with van der Waals surface area (Å²) in [6.45, 7) is 1.34. The zero-order chi connectivity index (χ0) is 13.5. The van der Waals surface area contributed by atoms with Gasteiger partial charge in [-0.25, -0.2) is 0 Å². The molecule has 2 heterocycles. The second-order valence-electron chi connectivity index (χ2n) is 3.96. The first-order valence-corrected chi connectivity index (χ1v) is 5.83. The number of rotatable bonds is 5. The van der Waals surface area contributed by atoms with Crippen LogP contribution in [0.2, 0.25) is 0 Å². The van der Waals surface area contributed by atoms with Gasteiger partial charge in [-0.3, -0.25) is 9.97 Å². The number of hydrogen-bond donors (Lipinski definition) is 3. The molecule has 0 radical (unpaired) electrons. The van der Waals surface area contributed by atoms with Crippen molar-refractivity contribution in [2.45, 2.75) is 13.1 Å². The fourth-order valence-electron chi connectivity index (χ4n) is 1.61. The third kappa shape index (κ3) is 3.75. The van der Waals surface area contributed by atoms with Crippen LogP contribution in [0, 0.1) is 0 Å². The van der Waals surface area contributed by atoms with E-state index >= 15 is 0 Å². The molecule has 0 saturated carbocycles. The summed E-state index contributed by atoms with van der Waals surface area (Å²) in [5.74, 6) is 0.00609. The summed E-state index contributed by atoms with van der Waals surface area (Å²) in [6, 6.07) is 9.45. The summed E-state index contributed by atoms with van der Waals surface area (Å²) < 4.78 is 0. The van der Waals surface area contributed by atoms with Gasteiger partial charge in [-0.05, 0) is 29.8 Å². The molecule has 2 aromatic heterocycles. The quantitative estimate of drug-likeness (QED) is 0.319. The zero-order valence-electron chi connectivity index (χ0n) is 10.3. The van der Waals surface area contributed by atoms with E-state index in [1.807, 2.05) is 24.3 Å². The van der Waals surface area contributed by atoms with Crippen molar-refractivity contribution in [3.8, 4) is 0 Å². The molecule has 0 unspecified atom stereocenters. The minimum atomic E-state index is 0.00609. The van der Waals surface area contributed by atoms with Crippen LogP contribution in [0.5, 0.6) is 0 Å². The van der Waals surface area contributed by atoms with Crippen LogP contribution in [0.3, 0.4) is 0 Å². The van der Waals surface area contributed by atoms with Gasteiger partial charge in [0, 0.05) is 25.5 Å². The second-order valence-corrected chi connectivity index (χ2v) is 3.96. The fourth-order valence-corrected chi connectivity index (χ4v) is 1.61. The Bertz CT molecular complexity index is 556. The third-order valence-electron chi connectivity index (χ3n) is 2.56. The normalized spacial score (nSPS) is 11.5. The minimum absolute atomic E-state index is 0.00609. The lowest BCUT2D eigenvalue weighted by molar-refractivity contribution is 0.318. The molecule has 2 aromatic rings. The molecule has 4 N–H and O–H groups in total. The molecule has 0 spiro atoms. The van der Waals surface area contributed by atoms with Crippen molar-refractivity contribution in [1.29, 1.82) is 0 Å². The number of aromatic nitrogens is 2. The van der Waals surface area contributed by atoms with Gasteiger partial charge in [-0.15, -0.1) is 0 Å².